The Labute approximate surface area is 163 Å². The van der Waals surface area contributed by atoms with Crippen LogP contribution < -0.4 is 5.32 Å². The molecule has 3 aromatic rings. The summed E-state index contributed by atoms with van der Waals surface area (Å²) in [6, 6.07) is 6.85. The Hall–Kier alpha value is -3.75. The van der Waals surface area contributed by atoms with Gasteiger partial charge in [0.15, 0.2) is 11.6 Å². The van der Waals surface area contributed by atoms with Gasteiger partial charge in [-0.05, 0) is 42.8 Å². The minimum Gasteiger partial charge on any atom is -0.505 e. The number of halogens is 2. The number of fused-ring (bicyclic) bond motifs is 1. The van der Waals surface area contributed by atoms with Gasteiger partial charge in [0.1, 0.15) is 12.4 Å². The molecule has 0 spiro atoms. The number of carboxylic acids is 1. The first-order valence-corrected chi connectivity index (χ1v) is 8.50. The fourth-order valence-electron chi connectivity index (χ4n) is 3.09. The van der Waals surface area contributed by atoms with E-state index in [0.29, 0.717) is 11.3 Å². The summed E-state index contributed by atoms with van der Waals surface area (Å²) in [5, 5.41) is 20.9. The molecule has 0 atom stereocenters. The summed E-state index contributed by atoms with van der Waals surface area (Å²) >= 11 is 0. The maximum absolute atomic E-state index is 14.0. The van der Waals surface area contributed by atoms with Crippen LogP contribution in [0.5, 0.6) is 5.75 Å². The van der Waals surface area contributed by atoms with Gasteiger partial charge in [0.05, 0.1) is 11.9 Å². The Morgan fingerprint density at radius 1 is 1.10 bits per heavy atom. The number of nitrogens with one attached hydrogen (secondary N) is 1. The summed E-state index contributed by atoms with van der Waals surface area (Å²) in [5.74, 6) is -4.55. The third-order valence-electron chi connectivity index (χ3n) is 4.47. The number of hydrogen-bond donors (Lipinski definition) is 3. The van der Waals surface area contributed by atoms with Crippen LogP contribution in [0.1, 0.15) is 21.6 Å². The maximum Gasteiger partial charge on any atom is 0.322 e. The van der Waals surface area contributed by atoms with Crippen LogP contribution in [0.3, 0.4) is 0 Å². The second-order valence-corrected chi connectivity index (χ2v) is 6.38. The molecular weight excluding hydrogens is 386 g/mol. The van der Waals surface area contributed by atoms with E-state index in [1.165, 1.54) is 23.6 Å². The average molecular weight is 402 g/mol. The first kappa shape index (κ1) is 20.0. The van der Waals surface area contributed by atoms with Gasteiger partial charge >= 0.3 is 5.97 Å². The van der Waals surface area contributed by atoms with Crippen molar-refractivity contribution in [3.63, 3.8) is 0 Å². The quantitative estimate of drug-likeness (QED) is 0.607. The number of aromatic hydroxyl groups is 1. The summed E-state index contributed by atoms with van der Waals surface area (Å²) in [6.45, 7) is 0.959. The second kappa shape index (κ2) is 7.70. The van der Waals surface area contributed by atoms with E-state index in [9.17, 15) is 28.3 Å². The third-order valence-corrected chi connectivity index (χ3v) is 4.47. The van der Waals surface area contributed by atoms with Crippen molar-refractivity contribution in [1.29, 1.82) is 0 Å². The summed E-state index contributed by atoms with van der Waals surface area (Å²) in [6.07, 6.45) is -0.287. The molecule has 0 saturated heterocycles. The Bertz CT molecular complexity index is 1140. The van der Waals surface area contributed by atoms with Gasteiger partial charge in [0.25, 0.3) is 5.91 Å². The van der Waals surface area contributed by atoms with Crippen molar-refractivity contribution >= 4 is 28.7 Å². The lowest BCUT2D eigenvalue weighted by Gasteiger charge is -2.08. The van der Waals surface area contributed by atoms with Gasteiger partial charge in [-0.2, -0.15) is 0 Å². The highest BCUT2D eigenvalue weighted by molar-refractivity contribution is 6.05. The molecular formula is C20H16F2N2O5. The van der Waals surface area contributed by atoms with E-state index in [-0.39, 0.29) is 22.9 Å². The molecule has 0 radical (unpaired) electrons. The number of carbonyl (C=O) groups is 3. The van der Waals surface area contributed by atoms with Gasteiger partial charge in [0.2, 0.25) is 5.91 Å². The van der Waals surface area contributed by atoms with Crippen molar-refractivity contribution in [3.05, 3.63) is 64.9 Å². The van der Waals surface area contributed by atoms with Gasteiger partial charge in [-0.15, -0.1) is 0 Å². The smallest absolute Gasteiger partial charge is 0.322 e. The number of amides is 1. The first-order valence-electron chi connectivity index (χ1n) is 8.50. The molecule has 0 aliphatic rings. The lowest BCUT2D eigenvalue weighted by atomic mass is 10.1. The summed E-state index contributed by atoms with van der Waals surface area (Å²) in [4.78, 5) is 35.7. The number of phenols is 1. The highest BCUT2D eigenvalue weighted by Gasteiger charge is 2.23. The SMILES string of the molecule is Cc1c(CC(=O)NCC(=O)O)c2cc(O)c(F)cc2n1C(=O)c1ccc(F)cc1. The number of aromatic nitrogens is 1. The zero-order valence-electron chi connectivity index (χ0n) is 15.2. The van der Waals surface area contributed by atoms with Gasteiger partial charge in [-0.1, -0.05) is 0 Å². The molecule has 7 nitrogen and oxygen atoms in total. The number of rotatable bonds is 5. The largest absolute Gasteiger partial charge is 0.505 e. The molecule has 0 aliphatic heterocycles. The predicted molar refractivity (Wildman–Crippen MR) is 98.8 cm³/mol. The minimum atomic E-state index is -1.22. The number of phenolic OH excluding ortho intramolecular Hbond substituents is 1. The zero-order chi connectivity index (χ0) is 21.3. The molecule has 150 valence electrons. The van der Waals surface area contributed by atoms with Gasteiger partial charge < -0.3 is 15.5 Å². The molecule has 1 aromatic heterocycles. The molecule has 9 heteroatoms. The van der Waals surface area contributed by atoms with Crippen LogP contribution in [0.15, 0.2) is 36.4 Å². The molecule has 3 N–H and O–H groups in total. The first-order chi connectivity index (χ1) is 13.7. The molecule has 2 aromatic carbocycles. The fraction of sp³-hybridized carbons (Fsp3) is 0.150. The van der Waals surface area contributed by atoms with Gasteiger partial charge in [-0.25, -0.2) is 8.78 Å². The number of nitrogens with zero attached hydrogens (tertiary/aromatic N) is 1. The van der Waals surface area contributed by atoms with E-state index >= 15 is 0 Å². The molecule has 3 rings (SSSR count). The number of benzene rings is 2. The lowest BCUT2D eigenvalue weighted by Crippen LogP contribution is -2.30. The van der Waals surface area contributed by atoms with E-state index in [0.717, 1.165) is 24.3 Å². The van der Waals surface area contributed by atoms with E-state index in [1.807, 2.05) is 0 Å². The number of aliphatic carboxylic acids is 1. The van der Waals surface area contributed by atoms with Crippen LogP contribution in [0.25, 0.3) is 10.9 Å². The molecule has 0 bridgehead atoms. The maximum atomic E-state index is 14.0. The molecule has 1 amide bonds. The highest BCUT2D eigenvalue weighted by atomic mass is 19.1. The van der Waals surface area contributed by atoms with Crippen LogP contribution >= 0.6 is 0 Å². The Morgan fingerprint density at radius 3 is 2.38 bits per heavy atom. The van der Waals surface area contributed by atoms with Crippen LogP contribution in [0.2, 0.25) is 0 Å². The van der Waals surface area contributed by atoms with Crippen molar-refractivity contribution in [2.45, 2.75) is 13.3 Å². The Kier molecular flexibility index (Phi) is 5.31. The Morgan fingerprint density at radius 2 is 1.76 bits per heavy atom. The van der Waals surface area contributed by atoms with Crippen LogP contribution in [-0.2, 0) is 16.0 Å². The summed E-state index contributed by atoms with van der Waals surface area (Å²) in [7, 11) is 0. The lowest BCUT2D eigenvalue weighted by molar-refractivity contribution is -0.137. The number of carbonyl (C=O) groups excluding carboxylic acids is 2. The fourth-order valence-corrected chi connectivity index (χ4v) is 3.09. The van der Waals surface area contributed by atoms with Crippen LogP contribution in [0, 0.1) is 18.6 Å². The molecule has 0 aliphatic carbocycles. The van der Waals surface area contributed by atoms with Crippen molar-refractivity contribution < 1.29 is 33.4 Å². The van der Waals surface area contributed by atoms with Gasteiger partial charge in [-0.3, -0.25) is 19.0 Å². The molecule has 0 unspecified atom stereocenters. The van der Waals surface area contributed by atoms with E-state index in [2.05, 4.69) is 5.32 Å². The van der Waals surface area contributed by atoms with Crippen LogP contribution in [-0.4, -0.2) is 39.1 Å². The number of hydrogen-bond acceptors (Lipinski definition) is 4. The topological polar surface area (TPSA) is 109 Å². The van der Waals surface area contributed by atoms with Crippen molar-refractivity contribution in [2.24, 2.45) is 0 Å². The van der Waals surface area contributed by atoms with E-state index in [4.69, 9.17) is 5.11 Å². The van der Waals surface area contributed by atoms with Gasteiger partial charge in [0, 0.05) is 22.7 Å². The number of carboxylic acid groups (broad SMARTS) is 1. The molecule has 0 fully saturated rings. The highest BCUT2D eigenvalue weighted by Crippen LogP contribution is 2.32. The predicted octanol–water partition coefficient (Wildman–Crippen LogP) is 2.37. The molecule has 1 heterocycles. The molecule has 0 saturated carbocycles. The molecule has 29 heavy (non-hydrogen) atoms. The summed E-state index contributed by atoms with van der Waals surface area (Å²) in [5.41, 5.74) is 0.897. The monoisotopic (exact) mass is 402 g/mol. The van der Waals surface area contributed by atoms with Crippen molar-refractivity contribution in [2.75, 3.05) is 6.54 Å². The van der Waals surface area contributed by atoms with Crippen molar-refractivity contribution in [1.82, 2.24) is 9.88 Å². The van der Waals surface area contributed by atoms with Crippen molar-refractivity contribution in [3.8, 4) is 5.75 Å². The zero-order valence-corrected chi connectivity index (χ0v) is 15.2. The second-order valence-electron chi connectivity index (χ2n) is 6.38. The van der Waals surface area contributed by atoms with E-state index in [1.54, 1.807) is 0 Å². The normalized spacial score (nSPS) is 10.9. The van der Waals surface area contributed by atoms with Crippen LogP contribution in [0.4, 0.5) is 8.78 Å². The minimum absolute atomic E-state index is 0.119. The third kappa shape index (κ3) is 3.93. The van der Waals surface area contributed by atoms with E-state index < -0.39 is 41.7 Å². The Balaban J connectivity index is 2.12. The average Bonchev–Trinajstić information content (AvgIpc) is 2.91. The standard InChI is InChI=1S/C20H16F2N2O5/c1-10-13(7-18(26)23-9-19(27)28)14-6-17(25)15(22)8-16(14)24(10)20(29)11-2-4-12(21)5-3-11/h2-6,8,25H,7,9H2,1H3,(H,23,26)(H,27,28). The summed E-state index contributed by atoms with van der Waals surface area (Å²) < 4.78 is 28.3.